The second kappa shape index (κ2) is 11.5. The van der Waals surface area contributed by atoms with Crippen molar-refractivity contribution in [3.63, 3.8) is 0 Å². The number of benzene rings is 1. The van der Waals surface area contributed by atoms with Gasteiger partial charge in [-0.3, -0.25) is 4.79 Å². The maximum absolute atomic E-state index is 12.1. The predicted molar refractivity (Wildman–Crippen MR) is 105 cm³/mol. The molecule has 144 valence electrons. The van der Waals surface area contributed by atoms with E-state index < -0.39 is 0 Å². The number of carbonyl (C=O) groups excluding carboxylic acids is 1. The van der Waals surface area contributed by atoms with E-state index in [4.69, 9.17) is 4.74 Å². The molecule has 26 heavy (non-hydrogen) atoms. The fourth-order valence-corrected chi connectivity index (χ4v) is 2.91. The topological polar surface area (TPSA) is 66.0 Å². The van der Waals surface area contributed by atoms with Crippen LogP contribution in [0.1, 0.15) is 44.8 Å². The molecule has 1 aromatic rings. The van der Waals surface area contributed by atoms with Crippen molar-refractivity contribution in [3.8, 4) is 0 Å². The van der Waals surface area contributed by atoms with Crippen LogP contribution in [-0.4, -0.2) is 56.1 Å². The van der Waals surface area contributed by atoms with Gasteiger partial charge in [0.15, 0.2) is 5.96 Å². The van der Waals surface area contributed by atoms with Crippen molar-refractivity contribution < 1.29 is 9.53 Å². The molecule has 0 aromatic heterocycles. The Morgan fingerprint density at radius 3 is 2.65 bits per heavy atom. The zero-order valence-corrected chi connectivity index (χ0v) is 16.0. The number of nitrogens with one attached hydrogen (secondary N) is 2. The van der Waals surface area contributed by atoms with Gasteiger partial charge in [-0.1, -0.05) is 30.3 Å². The molecule has 6 heteroatoms. The van der Waals surface area contributed by atoms with Crippen molar-refractivity contribution in [1.29, 1.82) is 0 Å². The molecular weight excluding hydrogens is 328 g/mol. The average molecular weight is 361 g/mol. The van der Waals surface area contributed by atoms with Crippen molar-refractivity contribution in [2.45, 2.75) is 39.2 Å². The fraction of sp³-hybridized carbons (Fsp3) is 0.600. The Morgan fingerprint density at radius 2 is 1.96 bits per heavy atom. The molecule has 6 nitrogen and oxygen atoms in total. The van der Waals surface area contributed by atoms with Gasteiger partial charge in [0.1, 0.15) is 6.54 Å². The summed E-state index contributed by atoms with van der Waals surface area (Å²) in [7, 11) is 0. The Labute approximate surface area is 157 Å². The standard InChI is InChI=1S/C20H32N4O2/c1-3-21-20(23-16-19(25)24-13-7-8-14-24)22-12-9-15-26-17(2)18-10-5-4-6-11-18/h4-6,10-11,17H,3,7-9,12-16H2,1-2H3,(H2,21,22,23). The number of hydrogen-bond acceptors (Lipinski definition) is 3. The lowest BCUT2D eigenvalue weighted by Crippen LogP contribution is -2.39. The number of hydrogen-bond donors (Lipinski definition) is 2. The smallest absolute Gasteiger partial charge is 0.244 e. The average Bonchev–Trinajstić information content (AvgIpc) is 3.21. The highest BCUT2D eigenvalue weighted by molar-refractivity contribution is 5.85. The van der Waals surface area contributed by atoms with Crippen molar-refractivity contribution in [2.24, 2.45) is 4.99 Å². The van der Waals surface area contributed by atoms with Gasteiger partial charge in [0.05, 0.1) is 6.10 Å². The van der Waals surface area contributed by atoms with Gasteiger partial charge in [0, 0.05) is 32.8 Å². The van der Waals surface area contributed by atoms with Gasteiger partial charge in [0.25, 0.3) is 0 Å². The maximum atomic E-state index is 12.1. The van der Waals surface area contributed by atoms with E-state index in [1.54, 1.807) is 0 Å². The van der Waals surface area contributed by atoms with Crippen LogP contribution >= 0.6 is 0 Å². The van der Waals surface area contributed by atoms with E-state index in [1.807, 2.05) is 30.0 Å². The third kappa shape index (κ3) is 7.04. The van der Waals surface area contributed by atoms with Gasteiger partial charge in [-0.15, -0.1) is 0 Å². The zero-order chi connectivity index (χ0) is 18.6. The number of aliphatic imine (C=N–C) groups is 1. The van der Waals surface area contributed by atoms with Crippen LogP contribution in [0.25, 0.3) is 0 Å². The molecule has 1 aliphatic heterocycles. The van der Waals surface area contributed by atoms with Crippen LogP contribution in [0.3, 0.4) is 0 Å². The summed E-state index contributed by atoms with van der Waals surface area (Å²) >= 11 is 0. The molecule has 2 rings (SSSR count). The normalized spacial score (nSPS) is 15.8. The number of amides is 1. The molecule has 0 saturated carbocycles. The molecule has 0 spiro atoms. The molecule has 1 fully saturated rings. The van der Waals surface area contributed by atoms with E-state index in [2.05, 4.69) is 34.7 Å². The monoisotopic (exact) mass is 360 g/mol. The minimum Gasteiger partial charge on any atom is -0.374 e. The summed E-state index contributed by atoms with van der Waals surface area (Å²) in [6, 6.07) is 10.2. The van der Waals surface area contributed by atoms with Crippen molar-refractivity contribution >= 4 is 11.9 Å². The second-order valence-electron chi connectivity index (χ2n) is 6.49. The number of nitrogens with zero attached hydrogens (tertiary/aromatic N) is 2. The molecule has 2 N–H and O–H groups in total. The number of ether oxygens (including phenoxy) is 1. The van der Waals surface area contributed by atoms with Crippen molar-refractivity contribution in [3.05, 3.63) is 35.9 Å². The highest BCUT2D eigenvalue weighted by atomic mass is 16.5. The van der Waals surface area contributed by atoms with Crippen LogP contribution in [0.5, 0.6) is 0 Å². The number of rotatable bonds is 9. The summed E-state index contributed by atoms with van der Waals surface area (Å²) in [6.07, 6.45) is 3.18. The third-order valence-corrected chi connectivity index (χ3v) is 4.43. The zero-order valence-electron chi connectivity index (χ0n) is 16.0. The van der Waals surface area contributed by atoms with Crippen molar-refractivity contribution in [2.75, 3.05) is 39.3 Å². The molecule has 0 bridgehead atoms. The number of likely N-dealkylation sites (tertiary alicyclic amines) is 1. The van der Waals surface area contributed by atoms with Crippen LogP contribution in [-0.2, 0) is 9.53 Å². The van der Waals surface area contributed by atoms with E-state index in [0.29, 0.717) is 12.6 Å². The van der Waals surface area contributed by atoms with Crippen molar-refractivity contribution in [1.82, 2.24) is 15.5 Å². The summed E-state index contributed by atoms with van der Waals surface area (Å²) in [5.41, 5.74) is 1.19. The van der Waals surface area contributed by atoms with Crippen LogP contribution in [0, 0.1) is 0 Å². The first-order valence-electron chi connectivity index (χ1n) is 9.67. The summed E-state index contributed by atoms with van der Waals surface area (Å²) in [4.78, 5) is 18.4. The van der Waals surface area contributed by atoms with Gasteiger partial charge >= 0.3 is 0 Å². The highest BCUT2D eigenvalue weighted by Gasteiger charge is 2.17. The van der Waals surface area contributed by atoms with Crippen LogP contribution < -0.4 is 10.6 Å². The van der Waals surface area contributed by atoms with E-state index in [-0.39, 0.29) is 18.6 Å². The third-order valence-electron chi connectivity index (χ3n) is 4.43. The predicted octanol–water partition coefficient (Wildman–Crippen LogP) is 2.33. The Kier molecular flexibility index (Phi) is 8.96. The Morgan fingerprint density at radius 1 is 1.23 bits per heavy atom. The minimum absolute atomic E-state index is 0.0937. The molecule has 1 heterocycles. The van der Waals surface area contributed by atoms with Crippen LogP contribution in [0.2, 0.25) is 0 Å². The summed E-state index contributed by atoms with van der Waals surface area (Å²) < 4.78 is 5.87. The minimum atomic E-state index is 0.0937. The Balaban J connectivity index is 1.65. The van der Waals surface area contributed by atoms with Crippen LogP contribution in [0.15, 0.2) is 35.3 Å². The Hall–Kier alpha value is -2.08. The summed E-state index contributed by atoms with van der Waals surface area (Å²) in [6.45, 7) is 8.23. The molecule has 1 amide bonds. The highest BCUT2D eigenvalue weighted by Crippen LogP contribution is 2.15. The SMILES string of the molecule is CCNC(=NCC(=O)N1CCCC1)NCCCOC(C)c1ccccc1. The lowest BCUT2D eigenvalue weighted by molar-refractivity contribution is -0.128. The van der Waals surface area contributed by atoms with Gasteiger partial charge in [-0.05, 0) is 38.7 Å². The first kappa shape index (κ1) is 20.2. The van der Waals surface area contributed by atoms with Gasteiger partial charge in [-0.25, -0.2) is 4.99 Å². The quantitative estimate of drug-likeness (QED) is 0.403. The summed E-state index contributed by atoms with van der Waals surface area (Å²) in [5, 5.41) is 6.45. The maximum Gasteiger partial charge on any atom is 0.244 e. The second-order valence-corrected chi connectivity index (χ2v) is 6.49. The molecule has 1 saturated heterocycles. The van der Waals surface area contributed by atoms with Crippen LogP contribution in [0.4, 0.5) is 0 Å². The van der Waals surface area contributed by atoms with Gasteiger partial charge in [0.2, 0.25) is 5.91 Å². The first-order chi connectivity index (χ1) is 12.7. The largest absolute Gasteiger partial charge is 0.374 e. The molecule has 1 atom stereocenters. The number of carbonyl (C=O) groups is 1. The first-order valence-corrected chi connectivity index (χ1v) is 9.67. The lowest BCUT2D eigenvalue weighted by atomic mass is 10.1. The Bertz CT molecular complexity index is 556. The van der Waals surface area contributed by atoms with E-state index >= 15 is 0 Å². The summed E-state index contributed by atoms with van der Waals surface area (Å²) in [5.74, 6) is 0.802. The molecule has 1 unspecified atom stereocenters. The molecule has 1 aliphatic rings. The molecule has 1 aromatic carbocycles. The van der Waals surface area contributed by atoms with E-state index in [1.165, 1.54) is 5.56 Å². The van der Waals surface area contributed by atoms with E-state index in [9.17, 15) is 4.79 Å². The van der Waals surface area contributed by atoms with E-state index in [0.717, 1.165) is 45.4 Å². The fourth-order valence-electron chi connectivity index (χ4n) is 2.91. The van der Waals surface area contributed by atoms with Gasteiger partial charge in [-0.2, -0.15) is 0 Å². The molecule has 0 radical (unpaired) electrons. The molecular formula is C20H32N4O2. The molecule has 0 aliphatic carbocycles. The lowest BCUT2D eigenvalue weighted by Gasteiger charge is -2.16. The number of guanidine groups is 1. The van der Waals surface area contributed by atoms with Gasteiger partial charge < -0.3 is 20.3 Å².